The highest BCUT2D eigenvalue weighted by molar-refractivity contribution is 5.97. The van der Waals surface area contributed by atoms with Crippen LogP contribution in [0.3, 0.4) is 0 Å². The fourth-order valence-corrected chi connectivity index (χ4v) is 4.56. The molecule has 6 nitrogen and oxygen atoms in total. The number of rotatable bonds is 9. The molecule has 39 heavy (non-hydrogen) atoms. The predicted octanol–water partition coefficient (Wildman–Crippen LogP) is 7.17. The zero-order valence-electron chi connectivity index (χ0n) is 21.4. The second-order valence-corrected chi connectivity index (χ2v) is 8.85. The average Bonchev–Trinajstić information content (AvgIpc) is 3.44. The van der Waals surface area contributed by atoms with Gasteiger partial charge in [-0.15, -0.1) is 12.4 Å². The molecule has 0 N–H and O–H groups in total. The zero-order valence-corrected chi connectivity index (χ0v) is 22.3. The maximum atomic E-state index is 9.97. The average molecular weight is 535 g/mol. The number of hydrogen-bond acceptors (Lipinski definition) is 5. The van der Waals surface area contributed by atoms with E-state index in [2.05, 4.69) is 35.3 Å². The summed E-state index contributed by atoms with van der Waals surface area (Å²) in [7, 11) is 0. The normalized spacial score (nSPS) is 11.4. The number of halogens is 1. The number of imidazole rings is 1. The fraction of sp³-hybridized carbons (Fsp3) is 0.156. The van der Waals surface area contributed by atoms with Crippen LogP contribution >= 0.6 is 12.4 Å². The summed E-state index contributed by atoms with van der Waals surface area (Å²) in [4.78, 5) is 4.37. The van der Waals surface area contributed by atoms with E-state index in [1.54, 1.807) is 24.7 Å². The largest absolute Gasteiger partial charge is 0.363 e. The lowest BCUT2D eigenvalue weighted by atomic mass is 9.92. The van der Waals surface area contributed by atoms with Gasteiger partial charge in [0.1, 0.15) is 12.8 Å². The van der Waals surface area contributed by atoms with E-state index < -0.39 is 6.10 Å². The highest BCUT2D eigenvalue weighted by Gasteiger charge is 2.22. The smallest absolute Gasteiger partial charge is 0.125 e. The second-order valence-electron chi connectivity index (χ2n) is 8.85. The Balaban J connectivity index is 0.00000353. The topological polar surface area (TPSA) is 83.9 Å². The van der Waals surface area contributed by atoms with Crippen LogP contribution in [0, 0.1) is 22.7 Å². The number of hydrogen-bond donors (Lipinski definition) is 0. The van der Waals surface area contributed by atoms with Gasteiger partial charge in [-0.05, 0) is 58.7 Å². The standard InChI is InChI=1S/C32H26N4O2.ClH/c1-2-37-22-36-21-35-19-31(36)32(38-20-24-12-10-23(17-33)11-13-24)26-14-15-27(18-34)30(16-26)29-9-5-7-25-6-3-4-8-28(25)29;/h3-16,19,21,32H,2,20,22H2,1H3;1H. The Morgan fingerprint density at radius 2 is 1.69 bits per heavy atom. The molecule has 0 bridgehead atoms. The van der Waals surface area contributed by atoms with Crippen LogP contribution in [0.5, 0.6) is 0 Å². The monoisotopic (exact) mass is 534 g/mol. The Morgan fingerprint density at radius 1 is 0.897 bits per heavy atom. The quantitative estimate of drug-likeness (QED) is 0.200. The van der Waals surface area contributed by atoms with Gasteiger partial charge in [-0.25, -0.2) is 4.98 Å². The summed E-state index contributed by atoms with van der Waals surface area (Å²) < 4.78 is 14.1. The molecule has 0 saturated heterocycles. The molecule has 0 aliphatic carbocycles. The maximum Gasteiger partial charge on any atom is 0.125 e. The highest BCUT2D eigenvalue weighted by Crippen LogP contribution is 2.35. The van der Waals surface area contributed by atoms with E-state index in [1.807, 2.05) is 66.1 Å². The lowest BCUT2D eigenvalue weighted by molar-refractivity contribution is 0.0467. The van der Waals surface area contributed by atoms with Gasteiger partial charge in [0.2, 0.25) is 0 Å². The summed E-state index contributed by atoms with van der Waals surface area (Å²) in [5.74, 6) is 0. The first kappa shape index (κ1) is 27.6. The van der Waals surface area contributed by atoms with Gasteiger partial charge in [0.05, 0.1) is 48.1 Å². The third-order valence-electron chi connectivity index (χ3n) is 6.49. The molecular formula is C32H27ClN4O2. The van der Waals surface area contributed by atoms with Crippen LogP contribution in [-0.2, 0) is 22.8 Å². The molecule has 0 aliphatic heterocycles. The molecule has 0 fully saturated rings. The molecule has 1 aromatic heterocycles. The van der Waals surface area contributed by atoms with Gasteiger partial charge in [-0.2, -0.15) is 10.5 Å². The maximum absolute atomic E-state index is 9.97. The Bertz CT molecular complexity index is 1640. The van der Waals surface area contributed by atoms with Gasteiger partial charge in [0, 0.05) is 12.2 Å². The summed E-state index contributed by atoms with van der Waals surface area (Å²) in [6.45, 7) is 3.22. The molecule has 0 saturated carbocycles. The summed E-state index contributed by atoms with van der Waals surface area (Å²) in [5, 5.41) is 21.3. The van der Waals surface area contributed by atoms with E-state index in [9.17, 15) is 5.26 Å². The predicted molar refractivity (Wildman–Crippen MR) is 153 cm³/mol. The zero-order chi connectivity index (χ0) is 26.3. The first-order valence-electron chi connectivity index (χ1n) is 12.4. The van der Waals surface area contributed by atoms with Crippen molar-refractivity contribution < 1.29 is 9.47 Å². The number of fused-ring (bicyclic) bond motifs is 1. The molecule has 0 spiro atoms. The Hall–Kier alpha value is -4.46. The summed E-state index contributed by atoms with van der Waals surface area (Å²) in [6, 6.07) is 32.0. The van der Waals surface area contributed by atoms with Gasteiger partial charge < -0.3 is 14.0 Å². The van der Waals surface area contributed by atoms with Crippen molar-refractivity contribution in [1.29, 1.82) is 10.5 Å². The molecule has 0 radical (unpaired) electrons. The van der Waals surface area contributed by atoms with Crippen molar-refractivity contribution in [1.82, 2.24) is 9.55 Å². The van der Waals surface area contributed by atoms with Gasteiger partial charge in [0.15, 0.2) is 0 Å². The second kappa shape index (κ2) is 12.9. The minimum Gasteiger partial charge on any atom is -0.363 e. The summed E-state index contributed by atoms with van der Waals surface area (Å²) in [5.41, 5.74) is 5.75. The first-order chi connectivity index (χ1) is 18.7. The number of nitriles is 2. The van der Waals surface area contributed by atoms with Crippen molar-refractivity contribution >= 4 is 23.2 Å². The van der Waals surface area contributed by atoms with Gasteiger partial charge in [-0.1, -0.05) is 60.7 Å². The molecule has 5 rings (SSSR count). The van der Waals surface area contributed by atoms with Crippen LogP contribution in [-0.4, -0.2) is 16.2 Å². The van der Waals surface area contributed by atoms with Crippen molar-refractivity contribution in [2.45, 2.75) is 26.4 Å². The lowest BCUT2D eigenvalue weighted by Crippen LogP contribution is -2.14. The lowest BCUT2D eigenvalue weighted by Gasteiger charge is -2.22. The fourth-order valence-electron chi connectivity index (χ4n) is 4.56. The van der Waals surface area contributed by atoms with Gasteiger partial charge in [-0.3, -0.25) is 0 Å². The van der Waals surface area contributed by atoms with Crippen LogP contribution < -0.4 is 0 Å². The molecule has 194 valence electrons. The van der Waals surface area contributed by atoms with Crippen LogP contribution in [0.15, 0.2) is 97.5 Å². The minimum absolute atomic E-state index is 0. The van der Waals surface area contributed by atoms with E-state index in [4.69, 9.17) is 14.7 Å². The van der Waals surface area contributed by atoms with E-state index in [-0.39, 0.29) is 12.4 Å². The molecular weight excluding hydrogens is 508 g/mol. The van der Waals surface area contributed by atoms with Crippen molar-refractivity contribution in [3.05, 3.63) is 125 Å². The SMILES string of the molecule is CCOCn1cncc1C(OCc1ccc(C#N)cc1)c1ccc(C#N)c(-c2cccc3ccccc23)c1.Cl. The third kappa shape index (κ3) is 6.00. The van der Waals surface area contributed by atoms with Gasteiger partial charge in [0.25, 0.3) is 0 Å². The Morgan fingerprint density at radius 3 is 2.46 bits per heavy atom. The highest BCUT2D eigenvalue weighted by atomic mass is 35.5. The van der Waals surface area contributed by atoms with Crippen molar-refractivity contribution in [2.24, 2.45) is 0 Å². The van der Waals surface area contributed by atoms with Crippen LogP contribution in [0.4, 0.5) is 0 Å². The molecule has 0 aliphatic rings. The van der Waals surface area contributed by atoms with Gasteiger partial charge >= 0.3 is 0 Å². The van der Waals surface area contributed by atoms with E-state index in [0.29, 0.717) is 31.1 Å². The van der Waals surface area contributed by atoms with E-state index >= 15 is 0 Å². The molecule has 0 amide bonds. The van der Waals surface area contributed by atoms with Crippen LogP contribution in [0.25, 0.3) is 21.9 Å². The van der Waals surface area contributed by atoms with Crippen LogP contribution in [0.1, 0.15) is 41.0 Å². The van der Waals surface area contributed by atoms with Crippen molar-refractivity contribution in [2.75, 3.05) is 6.61 Å². The number of aromatic nitrogens is 2. The number of ether oxygens (including phenoxy) is 2. The Labute approximate surface area is 234 Å². The molecule has 5 aromatic rings. The minimum atomic E-state index is -0.463. The summed E-state index contributed by atoms with van der Waals surface area (Å²) in [6.07, 6.45) is 3.06. The first-order valence-corrected chi connectivity index (χ1v) is 12.4. The molecule has 1 unspecified atom stereocenters. The summed E-state index contributed by atoms with van der Waals surface area (Å²) >= 11 is 0. The molecule has 4 aromatic carbocycles. The Kier molecular flexibility index (Phi) is 9.10. The van der Waals surface area contributed by atoms with E-state index in [1.165, 1.54) is 0 Å². The number of benzene rings is 4. The molecule has 7 heteroatoms. The van der Waals surface area contributed by atoms with Crippen molar-refractivity contribution in [3.63, 3.8) is 0 Å². The number of nitrogens with zero attached hydrogens (tertiary/aromatic N) is 4. The molecule has 1 heterocycles. The third-order valence-corrected chi connectivity index (χ3v) is 6.49. The van der Waals surface area contributed by atoms with E-state index in [0.717, 1.165) is 38.7 Å². The van der Waals surface area contributed by atoms with Crippen LogP contribution in [0.2, 0.25) is 0 Å². The van der Waals surface area contributed by atoms with Crippen molar-refractivity contribution in [3.8, 4) is 23.3 Å². The molecule has 1 atom stereocenters.